The number of hydrogen-bond donors (Lipinski definition) is 4. The van der Waals surface area contributed by atoms with Crippen LogP contribution in [-0.4, -0.2) is 97.9 Å². The van der Waals surface area contributed by atoms with Crippen molar-refractivity contribution in [3.05, 3.63) is 89.2 Å². The number of aromatic nitrogens is 4. The number of phenols is 1. The molecule has 53 heavy (non-hydrogen) atoms. The monoisotopic (exact) mass is 740 g/mol. The minimum absolute atomic E-state index is 0.0347. The van der Waals surface area contributed by atoms with Crippen molar-refractivity contribution in [3.8, 4) is 22.8 Å². The number of piperazine rings is 1. The Labute approximate surface area is 313 Å². The summed E-state index contributed by atoms with van der Waals surface area (Å²) in [6, 6.07) is 21.5. The number of nitrogen functional groups attached to an aromatic ring is 1. The molecule has 2 fully saturated rings. The summed E-state index contributed by atoms with van der Waals surface area (Å²) in [5.41, 5.74) is 11.2. The third-order valence-corrected chi connectivity index (χ3v) is 10.2. The van der Waals surface area contributed by atoms with E-state index in [9.17, 15) is 4.79 Å². The molecular weight excluding hydrogens is 696 g/mol. The highest BCUT2D eigenvalue weighted by molar-refractivity contribution is 6.33. The number of fused-ring (bicyclic) bond motifs is 2. The van der Waals surface area contributed by atoms with Crippen LogP contribution >= 0.6 is 11.6 Å². The SMILES string of the molecule is CC(=O)O.CN1CCN([C@H]2CC[C@H](n3nc(-c4ccc(NC5COc6ccccc65)c(Cl)c4)c4c(N)ncnc43)CC2)CC1.O=Cc1ccccc1O. The number of ether oxygens (including phenoxy) is 1. The zero-order valence-electron chi connectivity index (χ0n) is 29.9. The number of likely N-dealkylation sites (N-methyl/N-ethyl adjacent to an activating group) is 1. The van der Waals surface area contributed by atoms with Crippen LogP contribution in [0.2, 0.25) is 5.02 Å². The van der Waals surface area contributed by atoms with Crippen LogP contribution < -0.4 is 15.8 Å². The normalized spacial score (nSPS) is 19.9. The predicted molar refractivity (Wildman–Crippen MR) is 206 cm³/mol. The lowest BCUT2D eigenvalue weighted by Crippen LogP contribution is -2.49. The molecule has 5 N–H and O–H groups in total. The zero-order chi connectivity index (χ0) is 37.5. The Hall–Kier alpha value is -5.24. The fourth-order valence-corrected chi connectivity index (χ4v) is 7.38. The number of para-hydroxylation sites is 2. The molecule has 1 saturated carbocycles. The molecule has 0 radical (unpaired) electrons. The number of aldehydes is 1. The van der Waals surface area contributed by atoms with E-state index in [-0.39, 0.29) is 17.8 Å². The van der Waals surface area contributed by atoms with Gasteiger partial charge in [0, 0.05) is 50.3 Å². The van der Waals surface area contributed by atoms with E-state index in [4.69, 9.17) is 42.2 Å². The maximum atomic E-state index is 10.1. The van der Waals surface area contributed by atoms with E-state index in [0.29, 0.717) is 35.3 Å². The van der Waals surface area contributed by atoms with Crippen molar-refractivity contribution in [2.24, 2.45) is 0 Å². The summed E-state index contributed by atoms with van der Waals surface area (Å²) < 4.78 is 7.93. The fraction of sp³-hybridized carbons (Fsp3) is 0.359. The fourth-order valence-electron chi connectivity index (χ4n) is 7.14. The van der Waals surface area contributed by atoms with Crippen molar-refractivity contribution in [1.82, 2.24) is 29.5 Å². The Morgan fingerprint density at radius 2 is 1.66 bits per heavy atom. The second kappa shape index (κ2) is 17.1. The van der Waals surface area contributed by atoms with Gasteiger partial charge < -0.3 is 30.9 Å². The number of phenolic OH excluding ortho intramolecular Hbond substituents is 1. The van der Waals surface area contributed by atoms with Gasteiger partial charge >= 0.3 is 0 Å². The minimum Gasteiger partial charge on any atom is -0.507 e. The van der Waals surface area contributed by atoms with Gasteiger partial charge in [-0.3, -0.25) is 14.5 Å². The average molecular weight is 741 g/mol. The molecule has 0 bridgehead atoms. The highest BCUT2D eigenvalue weighted by atomic mass is 35.5. The summed E-state index contributed by atoms with van der Waals surface area (Å²) in [5.74, 6) is 0.556. The van der Waals surface area contributed by atoms with Crippen LogP contribution in [0, 0.1) is 0 Å². The van der Waals surface area contributed by atoms with Gasteiger partial charge in [-0.25, -0.2) is 14.6 Å². The summed E-state index contributed by atoms with van der Waals surface area (Å²) in [7, 11) is 2.21. The minimum atomic E-state index is -0.833. The van der Waals surface area contributed by atoms with E-state index in [0.717, 1.165) is 85.2 Å². The van der Waals surface area contributed by atoms with E-state index in [1.54, 1.807) is 18.2 Å². The van der Waals surface area contributed by atoms with Gasteiger partial charge in [-0.2, -0.15) is 5.10 Å². The number of aliphatic carboxylic acids is 1. The van der Waals surface area contributed by atoms with E-state index >= 15 is 0 Å². The Bertz CT molecular complexity index is 2040. The van der Waals surface area contributed by atoms with Gasteiger partial charge in [0.2, 0.25) is 0 Å². The van der Waals surface area contributed by atoms with Crippen LogP contribution in [0.5, 0.6) is 11.5 Å². The summed E-state index contributed by atoms with van der Waals surface area (Å²) >= 11 is 6.82. The maximum Gasteiger partial charge on any atom is 0.300 e. The molecule has 1 saturated heterocycles. The first-order valence-corrected chi connectivity index (χ1v) is 18.1. The number of nitrogens with two attached hydrogens (primary N) is 1. The van der Waals surface area contributed by atoms with Crippen molar-refractivity contribution in [3.63, 3.8) is 0 Å². The number of carbonyl (C=O) groups excluding carboxylic acids is 1. The number of rotatable bonds is 6. The van der Waals surface area contributed by atoms with Crippen LogP contribution in [-0.2, 0) is 4.79 Å². The van der Waals surface area contributed by atoms with Gasteiger partial charge in [-0.05, 0) is 63.1 Å². The second-order valence-corrected chi connectivity index (χ2v) is 13.9. The van der Waals surface area contributed by atoms with Crippen LogP contribution in [0.25, 0.3) is 22.3 Å². The molecule has 278 valence electrons. The first-order valence-electron chi connectivity index (χ1n) is 17.7. The zero-order valence-corrected chi connectivity index (χ0v) is 30.6. The van der Waals surface area contributed by atoms with Crippen LogP contribution in [0.15, 0.2) is 73.1 Å². The summed E-state index contributed by atoms with van der Waals surface area (Å²) in [5, 5.41) is 26.4. The van der Waals surface area contributed by atoms with Gasteiger partial charge in [0.15, 0.2) is 11.9 Å². The van der Waals surface area contributed by atoms with Crippen molar-refractivity contribution in [2.45, 2.75) is 50.7 Å². The lowest BCUT2D eigenvalue weighted by Gasteiger charge is -2.41. The number of carboxylic acid groups (broad SMARTS) is 1. The van der Waals surface area contributed by atoms with Crippen molar-refractivity contribution in [2.75, 3.05) is 50.9 Å². The molecule has 1 aliphatic carbocycles. The van der Waals surface area contributed by atoms with Gasteiger partial charge in [0.1, 0.15) is 35.9 Å². The number of carboxylic acids is 1. The molecule has 4 heterocycles. The molecule has 1 unspecified atom stereocenters. The molecule has 0 spiro atoms. The lowest BCUT2D eigenvalue weighted by atomic mass is 9.90. The van der Waals surface area contributed by atoms with E-state index in [1.165, 1.54) is 25.2 Å². The molecular formula is C39H45ClN8O5. The molecule has 8 rings (SSSR count). The number of hydrogen-bond acceptors (Lipinski definition) is 11. The molecule has 2 aliphatic heterocycles. The third kappa shape index (κ3) is 8.87. The Kier molecular flexibility index (Phi) is 12.1. The van der Waals surface area contributed by atoms with Crippen LogP contribution in [0.1, 0.15) is 60.6 Å². The molecule has 2 aromatic heterocycles. The number of benzene rings is 3. The first kappa shape index (κ1) is 37.5. The molecule has 0 amide bonds. The predicted octanol–water partition coefficient (Wildman–Crippen LogP) is 6.30. The molecule has 5 aromatic rings. The van der Waals surface area contributed by atoms with Gasteiger partial charge in [0.05, 0.1) is 33.7 Å². The topological polar surface area (TPSA) is 172 Å². The van der Waals surface area contributed by atoms with Crippen LogP contribution in [0.3, 0.4) is 0 Å². The number of halogens is 1. The highest BCUT2D eigenvalue weighted by Crippen LogP contribution is 2.40. The molecule has 13 nitrogen and oxygen atoms in total. The van der Waals surface area contributed by atoms with Crippen molar-refractivity contribution < 1.29 is 24.5 Å². The third-order valence-electron chi connectivity index (χ3n) is 9.92. The second-order valence-electron chi connectivity index (χ2n) is 13.5. The number of nitrogens with zero attached hydrogens (tertiary/aromatic N) is 6. The highest BCUT2D eigenvalue weighted by Gasteiger charge is 2.31. The molecule has 3 aromatic carbocycles. The van der Waals surface area contributed by atoms with Gasteiger partial charge in [0.25, 0.3) is 5.97 Å². The average Bonchev–Trinajstić information content (AvgIpc) is 3.76. The van der Waals surface area contributed by atoms with E-state index in [1.807, 2.05) is 36.4 Å². The molecule has 14 heteroatoms. The van der Waals surface area contributed by atoms with Crippen molar-refractivity contribution in [1.29, 1.82) is 0 Å². The smallest absolute Gasteiger partial charge is 0.300 e. The number of aromatic hydroxyl groups is 1. The standard InChI is InChI=1S/C30H35ClN8O.C7H6O2.C2H4O2/c1-37-12-14-38(15-13-37)20-7-9-21(10-8-20)39-30-27(29(32)33-18-34-30)28(36-39)19-6-11-24(23(31)16-19)35-25-17-40-26-5-3-2-4-22(25)26;8-5-6-3-1-2-4-7(6)9;1-2(3)4/h2-6,11,16,18,20-21,25,35H,7-10,12-15,17H2,1H3,(H2,32,33,34);1-5,9H;1H3,(H,3,4)/t20-,21-,25?;;. The number of nitrogens with one attached hydrogen (secondary N) is 1. The Morgan fingerprint density at radius 3 is 2.34 bits per heavy atom. The molecule has 3 aliphatic rings. The maximum absolute atomic E-state index is 10.1. The summed E-state index contributed by atoms with van der Waals surface area (Å²) in [6.07, 6.45) is 6.65. The summed E-state index contributed by atoms with van der Waals surface area (Å²) in [4.78, 5) is 33.1. The number of anilines is 2. The Balaban J connectivity index is 0.000000315. The van der Waals surface area contributed by atoms with Crippen LogP contribution in [0.4, 0.5) is 11.5 Å². The quantitative estimate of drug-likeness (QED) is 0.143. The van der Waals surface area contributed by atoms with Gasteiger partial charge in [-0.1, -0.05) is 48.0 Å². The summed E-state index contributed by atoms with van der Waals surface area (Å²) in [6.45, 7) is 6.29. The molecule has 1 atom stereocenters. The van der Waals surface area contributed by atoms with Gasteiger partial charge in [-0.15, -0.1) is 0 Å². The lowest BCUT2D eigenvalue weighted by molar-refractivity contribution is -0.134. The number of carbonyl (C=O) groups is 2. The van der Waals surface area contributed by atoms with E-state index in [2.05, 4.69) is 42.9 Å². The van der Waals surface area contributed by atoms with E-state index < -0.39 is 5.97 Å². The van der Waals surface area contributed by atoms with Crippen molar-refractivity contribution >= 4 is 46.4 Å². The first-order chi connectivity index (χ1) is 25.6. The largest absolute Gasteiger partial charge is 0.507 e. The Morgan fingerprint density at radius 1 is 0.981 bits per heavy atom.